The number of hydrogen-bond acceptors (Lipinski definition) is 3. The normalized spacial score (nSPS) is 24.9. The fraction of sp³-hybridized carbons (Fsp3) is 0.400. The van der Waals surface area contributed by atoms with E-state index in [0.29, 0.717) is 17.6 Å². The summed E-state index contributed by atoms with van der Waals surface area (Å²) in [5.41, 5.74) is 0.606. The average molecular weight is 226 g/mol. The first kappa shape index (κ1) is 10.4. The molecule has 0 spiro atoms. The van der Waals surface area contributed by atoms with Crippen LogP contribution in [0, 0.1) is 5.92 Å². The van der Waals surface area contributed by atoms with E-state index in [4.69, 9.17) is 5.14 Å². The first-order chi connectivity index (χ1) is 6.98. The van der Waals surface area contributed by atoms with Gasteiger partial charge in [-0.25, -0.2) is 13.6 Å². The van der Waals surface area contributed by atoms with Crippen LogP contribution in [0.25, 0.3) is 0 Å². The van der Waals surface area contributed by atoms with E-state index in [9.17, 15) is 8.42 Å². The smallest absolute Gasteiger partial charge is 0.240 e. The summed E-state index contributed by atoms with van der Waals surface area (Å²) in [4.78, 5) is 0.170. The number of para-hydroxylation sites is 1. The van der Waals surface area contributed by atoms with E-state index in [0.717, 1.165) is 6.42 Å². The Balaban J connectivity index is 2.30. The molecule has 15 heavy (non-hydrogen) atoms. The fourth-order valence-corrected chi connectivity index (χ4v) is 2.26. The molecule has 0 bridgehead atoms. The highest BCUT2D eigenvalue weighted by Gasteiger charge is 2.33. The fourth-order valence-electron chi connectivity index (χ4n) is 1.56. The molecule has 0 radical (unpaired) electrons. The molecule has 0 aliphatic heterocycles. The molecule has 1 fully saturated rings. The van der Waals surface area contributed by atoms with Gasteiger partial charge in [0.2, 0.25) is 10.0 Å². The molecule has 0 heterocycles. The lowest BCUT2D eigenvalue weighted by molar-refractivity contribution is 0.598. The van der Waals surface area contributed by atoms with Crippen molar-refractivity contribution in [2.24, 2.45) is 11.1 Å². The highest BCUT2D eigenvalue weighted by atomic mass is 32.2. The minimum Gasteiger partial charge on any atom is -0.381 e. The predicted octanol–water partition coefficient (Wildman–Crippen LogP) is 1.15. The van der Waals surface area contributed by atoms with Crippen molar-refractivity contribution in [3.05, 3.63) is 24.3 Å². The predicted molar refractivity (Wildman–Crippen MR) is 59.0 cm³/mol. The van der Waals surface area contributed by atoms with Gasteiger partial charge in [-0.15, -0.1) is 0 Å². The number of hydrogen-bond donors (Lipinski definition) is 2. The van der Waals surface area contributed by atoms with Gasteiger partial charge in [-0.2, -0.15) is 0 Å². The molecule has 1 aromatic rings. The molecule has 0 saturated heterocycles. The Morgan fingerprint density at radius 2 is 2.00 bits per heavy atom. The summed E-state index contributed by atoms with van der Waals surface area (Å²) in [6.07, 6.45) is 1.08. The standard InChI is InChI=1S/C10H14N2O2S/c1-7-6-9(7)12-8-4-2-3-5-10(8)15(11,13)14/h2-5,7,9,12H,6H2,1H3,(H2,11,13,14). The average Bonchev–Trinajstić information content (AvgIpc) is 2.81. The molecule has 3 N–H and O–H groups in total. The summed E-state index contributed by atoms with van der Waals surface area (Å²) in [5, 5.41) is 8.30. The molecule has 4 nitrogen and oxygen atoms in total. The van der Waals surface area contributed by atoms with Gasteiger partial charge in [0.25, 0.3) is 0 Å². The molecule has 2 rings (SSSR count). The minimum absolute atomic E-state index is 0.170. The van der Waals surface area contributed by atoms with Crippen LogP contribution >= 0.6 is 0 Å². The van der Waals surface area contributed by atoms with Crippen molar-refractivity contribution in [3.63, 3.8) is 0 Å². The Bertz CT molecular complexity index is 470. The second-order valence-corrected chi connectivity index (χ2v) is 5.53. The van der Waals surface area contributed by atoms with E-state index in [1.165, 1.54) is 6.07 Å². The topological polar surface area (TPSA) is 72.2 Å². The SMILES string of the molecule is CC1CC1Nc1ccccc1S(N)(=O)=O. The van der Waals surface area contributed by atoms with Crippen LogP contribution in [0.2, 0.25) is 0 Å². The molecule has 1 aliphatic rings. The molecule has 2 atom stereocenters. The lowest BCUT2D eigenvalue weighted by atomic mass is 10.3. The lowest BCUT2D eigenvalue weighted by Crippen LogP contribution is -2.16. The molecular weight excluding hydrogens is 212 g/mol. The number of anilines is 1. The highest BCUT2D eigenvalue weighted by molar-refractivity contribution is 7.89. The van der Waals surface area contributed by atoms with E-state index in [2.05, 4.69) is 12.2 Å². The van der Waals surface area contributed by atoms with Crippen molar-refractivity contribution >= 4 is 15.7 Å². The number of rotatable bonds is 3. The molecular formula is C10H14N2O2S. The molecule has 2 unspecified atom stereocenters. The zero-order chi connectivity index (χ0) is 11.1. The summed E-state index contributed by atoms with van der Waals surface area (Å²) >= 11 is 0. The molecule has 1 aromatic carbocycles. The minimum atomic E-state index is -3.63. The monoisotopic (exact) mass is 226 g/mol. The van der Waals surface area contributed by atoms with Gasteiger partial charge < -0.3 is 5.32 Å². The van der Waals surface area contributed by atoms with Crippen molar-refractivity contribution in [1.82, 2.24) is 0 Å². The van der Waals surface area contributed by atoms with Crippen LogP contribution in [0.1, 0.15) is 13.3 Å². The third-order valence-electron chi connectivity index (χ3n) is 2.64. The largest absolute Gasteiger partial charge is 0.381 e. The van der Waals surface area contributed by atoms with Crippen molar-refractivity contribution < 1.29 is 8.42 Å². The van der Waals surface area contributed by atoms with Gasteiger partial charge in [-0.3, -0.25) is 0 Å². The van der Waals surface area contributed by atoms with Crippen LogP contribution in [0.4, 0.5) is 5.69 Å². The summed E-state index contributed by atoms with van der Waals surface area (Å²) in [5.74, 6) is 0.610. The number of nitrogens with one attached hydrogen (secondary N) is 1. The number of sulfonamides is 1. The summed E-state index contributed by atoms with van der Waals surface area (Å²) in [7, 11) is -3.63. The van der Waals surface area contributed by atoms with E-state index in [1.54, 1.807) is 18.2 Å². The summed E-state index contributed by atoms with van der Waals surface area (Å²) < 4.78 is 22.5. The van der Waals surface area contributed by atoms with Gasteiger partial charge in [-0.1, -0.05) is 19.1 Å². The third-order valence-corrected chi connectivity index (χ3v) is 3.61. The van der Waals surface area contributed by atoms with Crippen molar-refractivity contribution in [3.8, 4) is 0 Å². The van der Waals surface area contributed by atoms with Crippen LogP contribution in [0.3, 0.4) is 0 Å². The first-order valence-corrected chi connectivity index (χ1v) is 6.41. The second-order valence-electron chi connectivity index (χ2n) is 4.00. The van der Waals surface area contributed by atoms with Gasteiger partial charge in [0, 0.05) is 6.04 Å². The van der Waals surface area contributed by atoms with Gasteiger partial charge in [0.05, 0.1) is 5.69 Å². The van der Waals surface area contributed by atoms with Crippen LogP contribution in [-0.4, -0.2) is 14.5 Å². The van der Waals surface area contributed by atoms with E-state index < -0.39 is 10.0 Å². The third kappa shape index (κ3) is 2.30. The van der Waals surface area contributed by atoms with Crippen LogP contribution < -0.4 is 10.5 Å². The van der Waals surface area contributed by atoms with Gasteiger partial charge in [-0.05, 0) is 24.5 Å². The lowest BCUT2D eigenvalue weighted by Gasteiger charge is -2.09. The Hall–Kier alpha value is -1.07. The van der Waals surface area contributed by atoms with Gasteiger partial charge in [0.1, 0.15) is 4.90 Å². The zero-order valence-corrected chi connectivity index (χ0v) is 9.29. The molecule has 1 saturated carbocycles. The van der Waals surface area contributed by atoms with Crippen LogP contribution in [0.5, 0.6) is 0 Å². The molecule has 0 aromatic heterocycles. The quantitative estimate of drug-likeness (QED) is 0.812. The number of primary sulfonamides is 1. The van der Waals surface area contributed by atoms with E-state index in [-0.39, 0.29) is 4.90 Å². The van der Waals surface area contributed by atoms with E-state index in [1.807, 2.05) is 0 Å². The second kappa shape index (κ2) is 3.50. The zero-order valence-electron chi connectivity index (χ0n) is 8.47. The highest BCUT2D eigenvalue weighted by Crippen LogP contribution is 2.34. The Morgan fingerprint density at radius 3 is 2.53 bits per heavy atom. The Morgan fingerprint density at radius 1 is 1.40 bits per heavy atom. The van der Waals surface area contributed by atoms with Gasteiger partial charge >= 0.3 is 0 Å². The summed E-state index contributed by atoms with van der Waals surface area (Å²) in [6, 6.07) is 7.11. The Labute approximate surface area is 89.5 Å². The van der Waals surface area contributed by atoms with Crippen LogP contribution in [0.15, 0.2) is 29.2 Å². The van der Waals surface area contributed by atoms with Crippen molar-refractivity contribution in [2.45, 2.75) is 24.3 Å². The first-order valence-electron chi connectivity index (χ1n) is 4.87. The summed E-state index contributed by atoms with van der Waals surface area (Å²) in [6.45, 7) is 2.12. The molecule has 82 valence electrons. The maximum Gasteiger partial charge on any atom is 0.240 e. The molecule has 0 amide bonds. The number of benzene rings is 1. The van der Waals surface area contributed by atoms with Crippen LogP contribution in [-0.2, 0) is 10.0 Å². The Kier molecular flexibility index (Phi) is 2.44. The van der Waals surface area contributed by atoms with Crippen molar-refractivity contribution in [1.29, 1.82) is 0 Å². The molecule has 1 aliphatic carbocycles. The maximum atomic E-state index is 11.3. The molecule has 5 heteroatoms. The van der Waals surface area contributed by atoms with Crippen molar-refractivity contribution in [2.75, 3.05) is 5.32 Å². The maximum absolute atomic E-state index is 11.3. The van der Waals surface area contributed by atoms with Gasteiger partial charge in [0.15, 0.2) is 0 Å². The van der Waals surface area contributed by atoms with E-state index >= 15 is 0 Å². The number of nitrogens with two attached hydrogens (primary N) is 1.